The van der Waals surface area contributed by atoms with Gasteiger partial charge in [0.05, 0.1) is 0 Å². The summed E-state index contributed by atoms with van der Waals surface area (Å²) in [4.78, 5) is 2.41. The van der Waals surface area contributed by atoms with Crippen molar-refractivity contribution in [1.82, 2.24) is 10.2 Å². The summed E-state index contributed by atoms with van der Waals surface area (Å²) >= 11 is 0. The number of benzene rings is 1. The molecule has 1 aliphatic heterocycles. The number of halogens is 1. The fourth-order valence-corrected chi connectivity index (χ4v) is 2.98. The van der Waals surface area contributed by atoms with E-state index in [-0.39, 0.29) is 12.4 Å². The maximum atomic E-state index is 13.4. The van der Waals surface area contributed by atoms with Gasteiger partial charge in [-0.05, 0) is 49.5 Å². The van der Waals surface area contributed by atoms with Crippen LogP contribution in [0.3, 0.4) is 0 Å². The quantitative estimate of drug-likeness (QED) is 0.782. The Kier molecular flexibility index (Phi) is 5.95. The van der Waals surface area contributed by atoms with Crippen LogP contribution < -0.4 is 5.32 Å². The molecule has 1 aromatic carbocycles. The van der Waals surface area contributed by atoms with Gasteiger partial charge in [-0.3, -0.25) is 0 Å². The van der Waals surface area contributed by atoms with Crippen LogP contribution in [-0.4, -0.2) is 48.8 Å². The van der Waals surface area contributed by atoms with Crippen molar-refractivity contribution in [2.75, 3.05) is 32.8 Å². The maximum absolute atomic E-state index is 13.4. The number of aliphatic hydroxyl groups is 1. The third-order valence-electron chi connectivity index (χ3n) is 4.06. The van der Waals surface area contributed by atoms with Crippen LogP contribution in [0.2, 0.25) is 0 Å². The van der Waals surface area contributed by atoms with E-state index in [0.717, 1.165) is 44.6 Å². The number of hydrogen-bond acceptors (Lipinski definition) is 3. The van der Waals surface area contributed by atoms with E-state index in [0.29, 0.717) is 12.0 Å². The molecule has 20 heavy (non-hydrogen) atoms. The number of likely N-dealkylation sites (tertiary alicyclic amines) is 1. The Balaban J connectivity index is 2.01. The molecule has 0 aliphatic carbocycles. The summed E-state index contributed by atoms with van der Waals surface area (Å²) in [5.41, 5.74) is 1.09. The molecule has 2 rings (SSSR count). The van der Waals surface area contributed by atoms with Crippen molar-refractivity contribution in [2.45, 2.75) is 31.7 Å². The summed E-state index contributed by atoms with van der Waals surface area (Å²) in [6.07, 6.45) is 1.82. The monoisotopic (exact) mass is 280 g/mol. The highest BCUT2D eigenvalue weighted by Crippen LogP contribution is 2.27. The van der Waals surface area contributed by atoms with Gasteiger partial charge in [-0.15, -0.1) is 0 Å². The molecule has 1 saturated heterocycles. The molecule has 0 radical (unpaired) electrons. The van der Waals surface area contributed by atoms with Gasteiger partial charge in [0.15, 0.2) is 0 Å². The molecule has 0 bridgehead atoms. The Morgan fingerprint density at radius 3 is 2.95 bits per heavy atom. The smallest absolute Gasteiger partial charge is 0.123 e. The van der Waals surface area contributed by atoms with E-state index in [4.69, 9.17) is 5.11 Å². The third-order valence-corrected chi connectivity index (χ3v) is 4.06. The van der Waals surface area contributed by atoms with Crippen LogP contribution in [0.1, 0.15) is 31.2 Å². The molecule has 0 saturated carbocycles. The molecule has 1 aromatic rings. The fraction of sp³-hybridized carbons (Fsp3) is 0.625. The number of nitrogens with one attached hydrogen (secondary N) is 1. The molecule has 4 heteroatoms. The predicted octanol–water partition coefficient (Wildman–Crippen LogP) is 1.98. The average Bonchev–Trinajstić information content (AvgIpc) is 2.47. The van der Waals surface area contributed by atoms with Crippen molar-refractivity contribution in [1.29, 1.82) is 0 Å². The highest BCUT2D eigenvalue weighted by atomic mass is 19.1. The number of likely N-dealkylation sites (N-methyl/N-ethyl adjacent to an activating group) is 1. The second-order valence-electron chi connectivity index (χ2n) is 5.57. The van der Waals surface area contributed by atoms with Crippen molar-refractivity contribution >= 4 is 0 Å². The highest BCUT2D eigenvalue weighted by Gasteiger charge is 2.27. The summed E-state index contributed by atoms with van der Waals surface area (Å²) in [5.74, 6) is 0.229. The second kappa shape index (κ2) is 7.72. The zero-order valence-electron chi connectivity index (χ0n) is 12.2. The van der Waals surface area contributed by atoms with Crippen LogP contribution in [0, 0.1) is 5.82 Å². The molecule has 1 aliphatic rings. The van der Waals surface area contributed by atoms with Crippen LogP contribution in [-0.2, 0) is 0 Å². The fourth-order valence-electron chi connectivity index (χ4n) is 2.98. The molecular weight excluding hydrogens is 255 g/mol. The van der Waals surface area contributed by atoms with Crippen molar-refractivity contribution in [2.24, 2.45) is 0 Å². The van der Waals surface area contributed by atoms with E-state index >= 15 is 0 Å². The Labute approximate surface area is 120 Å². The van der Waals surface area contributed by atoms with Gasteiger partial charge in [0.1, 0.15) is 5.82 Å². The minimum Gasteiger partial charge on any atom is -0.396 e. The Bertz CT molecular complexity index is 413. The first-order chi connectivity index (χ1) is 9.72. The first-order valence-electron chi connectivity index (χ1n) is 7.55. The normalized spacial score (nSPS) is 23.9. The van der Waals surface area contributed by atoms with Gasteiger partial charge in [0.25, 0.3) is 0 Å². The summed E-state index contributed by atoms with van der Waals surface area (Å²) < 4.78 is 13.4. The maximum Gasteiger partial charge on any atom is 0.123 e. The summed E-state index contributed by atoms with van der Waals surface area (Å²) in [7, 11) is 0. The van der Waals surface area contributed by atoms with Crippen LogP contribution in [0.25, 0.3) is 0 Å². The van der Waals surface area contributed by atoms with Crippen LogP contribution in [0.5, 0.6) is 0 Å². The van der Waals surface area contributed by atoms with E-state index in [1.807, 2.05) is 6.07 Å². The van der Waals surface area contributed by atoms with Crippen LogP contribution in [0.4, 0.5) is 4.39 Å². The molecular formula is C16H25FN2O. The Hall–Kier alpha value is -0.970. The molecule has 1 heterocycles. The Morgan fingerprint density at radius 2 is 2.25 bits per heavy atom. The van der Waals surface area contributed by atoms with E-state index < -0.39 is 0 Å². The van der Waals surface area contributed by atoms with Gasteiger partial charge in [-0.25, -0.2) is 4.39 Å². The number of hydrogen-bond donors (Lipinski definition) is 2. The lowest BCUT2D eigenvalue weighted by molar-refractivity contribution is 0.176. The van der Waals surface area contributed by atoms with Gasteiger partial charge in [0.2, 0.25) is 0 Å². The number of nitrogens with zero attached hydrogens (tertiary/aromatic N) is 1. The van der Waals surface area contributed by atoms with Crippen molar-refractivity contribution < 1.29 is 9.50 Å². The molecule has 2 N–H and O–H groups in total. The van der Waals surface area contributed by atoms with Crippen molar-refractivity contribution in [3.63, 3.8) is 0 Å². The van der Waals surface area contributed by atoms with E-state index in [1.54, 1.807) is 12.1 Å². The molecule has 0 aromatic heterocycles. The third kappa shape index (κ3) is 4.27. The molecule has 112 valence electrons. The van der Waals surface area contributed by atoms with Gasteiger partial charge in [0, 0.05) is 25.7 Å². The first-order valence-corrected chi connectivity index (χ1v) is 7.55. The van der Waals surface area contributed by atoms with Gasteiger partial charge in [-0.2, -0.15) is 0 Å². The van der Waals surface area contributed by atoms with Crippen LogP contribution >= 0.6 is 0 Å². The van der Waals surface area contributed by atoms with Gasteiger partial charge in [-0.1, -0.05) is 19.1 Å². The number of aliphatic hydroxyl groups excluding tert-OH is 1. The molecule has 1 fully saturated rings. The second-order valence-corrected chi connectivity index (χ2v) is 5.57. The molecule has 2 atom stereocenters. The summed E-state index contributed by atoms with van der Waals surface area (Å²) in [5, 5.41) is 12.4. The predicted molar refractivity (Wildman–Crippen MR) is 79.4 cm³/mol. The zero-order chi connectivity index (χ0) is 14.4. The van der Waals surface area contributed by atoms with E-state index in [1.165, 1.54) is 6.07 Å². The van der Waals surface area contributed by atoms with Gasteiger partial charge < -0.3 is 15.3 Å². The SMILES string of the molecule is CCN1CC(NCCCO)CC(c2cccc(F)c2)C1. The lowest BCUT2D eigenvalue weighted by atomic mass is 9.88. The minimum atomic E-state index is -0.152. The largest absolute Gasteiger partial charge is 0.396 e. The molecule has 3 nitrogen and oxygen atoms in total. The number of rotatable bonds is 6. The molecule has 2 unspecified atom stereocenters. The summed E-state index contributed by atoms with van der Waals surface area (Å²) in [6.45, 7) is 6.29. The molecule has 0 spiro atoms. The lowest BCUT2D eigenvalue weighted by Gasteiger charge is -2.38. The van der Waals surface area contributed by atoms with Crippen molar-refractivity contribution in [3.05, 3.63) is 35.6 Å². The summed E-state index contributed by atoms with van der Waals surface area (Å²) in [6, 6.07) is 7.40. The number of piperidine rings is 1. The highest BCUT2D eigenvalue weighted by molar-refractivity contribution is 5.22. The average molecular weight is 280 g/mol. The van der Waals surface area contributed by atoms with E-state index in [9.17, 15) is 4.39 Å². The topological polar surface area (TPSA) is 35.5 Å². The standard InChI is InChI=1S/C16H25FN2O/c1-2-19-11-14(13-5-3-6-15(17)9-13)10-16(12-19)18-7-4-8-20/h3,5-6,9,14,16,18,20H,2,4,7-8,10-12H2,1H3. The first kappa shape index (κ1) is 15.4. The minimum absolute atomic E-state index is 0.152. The zero-order valence-corrected chi connectivity index (χ0v) is 12.2. The van der Waals surface area contributed by atoms with E-state index in [2.05, 4.69) is 17.1 Å². The van der Waals surface area contributed by atoms with Crippen molar-refractivity contribution in [3.8, 4) is 0 Å². The molecule has 0 amide bonds. The lowest BCUT2D eigenvalue weighted by Crippen LogP contribution is -2.48. The Morgan fingerprint density at radius 1 is 1.40 bits per heavy atom. The van der Waals surface area contributed by atoms with Crippen LogP contribution in [0.15, 0.2) is 24.3 Å². The van der Waals surface area contributed by atoms with Gasteiger partial charge >= 0.3 is 0 Å².